The number of nitrogens with one attached hydrogen (secondary N) is 2. The van der Waals surface area contributed by atoms with Crippen molar-refractivity contribution < 1.29 is 17.9 Å². The molecule has 1 amide bonds. The third-order valence-corrected chi connectivity index (χ3v) is 5.28. The molecule has 0 atom stereocenters. The van der Waals surface area contributed by atoms with Gasteiger partial charge in [-0.2, -0.15) is 0 Å². The number of hydrogen-bond acceptors (Lipinski definition) is 4. The highest BCUT2D eigenvalue weighted by molar-refractivity contribution is 7.92. The molecule has 0 aromatic heterocycles. The Morgan fingerprint density at radius 1 is 1.12 bits per heavy atom. The van der Waals surface area contributed by atoms with E-state index in [-0.39, 0.29) is 10.8 Å². The number of amides is 1. The maximum absolute atomic E-state index is 12.6. The SMILES string of the molecule is Cc1ccc(C)c(S(=O)(=O)Nc2ccc3c(c2)C(=O)NCCO3)c1. The third-order valence-electron chi connectivity index (χ3n) is 3.75. The van der Waals surface area contributed by atoms with Gasteiger partial charge in [-0.15, -0.1) is 0 Å². The summed E-state index contributed by atoms with van der Waals surface area (Å²) in [6, 6.07) is 9.91. The van der Waals surface area contributed by atoms with Gasteiger partial charge in [-0.1, -0.05) is 12.1 Å². The highest BCUT2D eigenvalue weighted by Crippen LogP contribution is 2.26. The van der Waals surface area contributed by atoms with E-state index in [2.05, 4.69) is 10.0 Å². The Bertz CT molecular complexity index is 907. The summed E-state index contributed by atoms with van der Waals surface area (Å²) >= 11 is 0. The lowest BCUT2D eigenvalue weighted by Crippen LogP contribution is -2.24. The lowest BCUT2D eigenvalue weighted by molar-refractivity contribution is 0.0957. The van der Waals surface area contributed by atoms with E-state index in [4.69, 9.17) is 4.74 Å². The van der Waals surface area contributed by atoms with Gasteiger partial charge in [0.15, 0.2) is 0 Å². The second kappa shape index (κ2) is 6.16. The molecule has 1 aliphatic heterocycles. The van der Waals surface area contributed by atoms with Crippen LogP contribution in [0.1, 0.15) is 21.5 Å². The van der Waals surface area contributed by atoms with E-state index in [0.29, 0.717) is 35.7 Å². The lowest BCUT2D eigenvalue weighted by atomic mass is 10.1. The first-order chi connectivity index (χ1) is 11.4. The van der Waals surface area contributed by atoms with Crippen molar-refractivity contribution in [3.8, 4) is 5.75 Å². The number of aryl methyl sites for hydroxylation is 2. The molecule has 1 heterocycles. The van der Waals surface area contributed by atoms with Crippen molar-refractivity contribution in [2.45, 2.75) is 18.7 Å². The van der Waals surface area contributed by atoms with Crippen LogP contribution in [0, 0.1) is 13.8 Å². The number of carbonyl (C=O) groups excluding carboxylic acids is 1. The van der Waals surface area contributed by atoms with Crippen LogP contribution in [-0.4, -0.2) is 27.5 Å². The molecular weight excluding hydrogens is 328 g/mol. The van der Waals surface area contributed by atoms with E-state index in [1.165, 1.54) is 6.07 Å². The second-order valence-corrected chi connectivity index (χ2v) is 7.34. The Morgan fingerprint density at radius 2 is 1.92 bits per heavy atom. The number of carbonyl (C=O) groups is 1. The molecular formula is C17H18N2O4S. The molecule has 0 unspecified atom stereocenters. The number of benzene rings is 2. The maximum Gasteiger partial charge on any atom is 0.262 e. The van der Waals surface area contributed by atoms with Crippen molar-refractivity contribution >= 4 is 21.6 Å². The van der Waals surface area contributed by atoms with Crippen LogP contribution in [-0.2, 0) is 10.0 Å². The van der Waals surface area contributed by atoms with E-state index in [0.717, 1.165) is 5.56 Å². The fourth-order valence-electron chi connectivity index (χ4n) is 2.52. The minimum atomic E-state index is -3.74. The van der Waals surface area contributed by atoms with Gasteiger partial charge >= 0.3 is 0 Å². The molecule has 2 aromatic rings. The fourth-order valence-corrected chi connectivity index (χ4v) is 3.90. The van der Waals surface area contributed by atoms with Gasteiger partial charge in [0.25, 0.3) is 15.9 Å². The summed E-state index contributed by atoms with van der Waals surface area (Å²) in [6.45, 7) is 4.37. The fraction of sp³-hybridized carbons (Fsp3) is 0.235. The number of rotatable bonds is 3. The molecule has 2 N–H and O–H groups in total. The Balaban J connectivity index is 1.96. The van der Waals surface area contributed by atoms with Gasteiger partial charge in [-0.05, 0) is 49.2 Å². The van der Waals surface area contributed by atoms with E-state index in [1.54, 1.807) is 31.2 Å². The van der Waals surface area contributed by atoms with Gasteiger partial charge in [0.1, 0.15) is 12.4 Å². The molecule has 0 saturated carbocycles. The molecule has 3 rings (SSSR count). The van der Waals surface area contributed by atoms with Crippen LogP contribution in [0.2, 0.25) is 0 Å². The van der Waals surface area contributed by atoms with Crippen LogP contribution in [0.5, 0.6) is 5.75 Å². The van der Waals surface area contributed by atoms with Crippen LogP contribution < -0.4 is 14.8 Å². The summed E-state index contributed by atoms with van der Waals surface area (Å²) in [5.41, 5.74) is 2.14. The summed E-state index contributed by atoms with van der Waals surface area (Å²) in [5.74, 6) is 0.162. The number of anilines is 1. The minimum absolute atomic E-state index is 0.221. The highest BCUT2D eigenvalue weighted by Gasteiger charge is 2.20. The maximum atomic E-state index is 12.6. The van der Waals surface area contributed by atoms with Gasteiger partial charge in [0, 0.05) is 5.69 Å². The molecule has 0 radical (unpaired) electrons. The molecule has 0 spiro atoms. The molecule has 126 valence electrons. The number of fused-ring (bicyclic) bond motifs is 1. The van der Waals surface area contributed by atoms with Crippen molar-refractivity contribution in [1.29, 1.82) is 0 Å². The van der Waals surface area contributed by atoms with E-state index in [9.17, 15) is 13.2 Å². The Labute approximate surface area is 140 Å². The zero-order chi connectivity index (χ0) is 17.3. The van der Waals surface area contributed by atoms with Crippen LogP contribution in [0.25, 0.3) is 0 Å². The molecule has 0 aliphatic carbocycles. The van der Waals surface area contributed by atoms with Crippen molar-refractivity contribution in [3.63, 3.8) is 0 Å². The van der Waals surface area contributed by atoms with Crippen molar-refractivity contribution in [2.24, 2.45) is 0 Å². The van der Waals surface area contributed by atoms with Crippen molar-refractivity contribution in [2.75, 3.05) is 17.9 Å². The minimum Gasteiger partial charge on any atom is -0.491 e. The number of ether oxygens (including phenoxy) is 1. The predicted molar refractivity (Wildman–Crippen MR) is 91.0 cm³/mol. The largest absolute Gasteiger partial charge is 0.491 e. The molecule has 1 aliphatic rings. The Kier molecular flexibility index (Phi) is 4.19. The number of sulfonamides is 1. The third kappa shape index (κ3) is 3.21. The quantitative estimate of drug-likeness (QED) is 0.892. The first kappa shape index (κ1) is 16.3. The highest BCUT2D eigenvalue weighted by atomic mass is 32.2. The Morgan fingerprint density at radius 3 is 2.71 bits per heavy atom. The van der Waals surface area contributed by atoms with Gasteiger partial charge < -0.3 is 10.1 Å². The van der Waals surface area contributed by atoms with Gasteiger partial charge in [-0.3, -0.25) is 9.52 Å². The smallest absolute Gasteiger partial charge is 0.262 e. The summed E-state index contributed by atoms with van der Waals surface area (Å²) < 4.78 is 33.3. The zero-order valence-corrected chi connectivity index (χ0v) is 14.2. The summed E-state index contributed by atoms with van der Waals surface area (Å²) in [4.78, 5) is 12.2. The van der Waals surface area contributed by atoms with Gasteiger partial charge in [-0.25, -0.2) is 8.42 Å². The van der Waals surface area contributed by atoms with Crippen LogP contribution in [0.3, 0.4) is 0 Å². The first-order valence-corrected chi connectivity index (χ1v) is 9.00. The van der Waals surface area contributed by atoms with Crippen LogP contribution in [0.15, 0.2) is 41.3 Å². The van der Waals surface area contributed by atoms with E-state index >= 15 is 0 Å². The Hall–Kier alpha value is -2.54. The molecule has 0 fully saturated rings. The standard InChI is InChI=1S/C17H18N2O4S/c1-11-3-4-12(2)16(9-11)24(21,22)19-13-5-6-15-14(10-13)17(20)18-7-8-23-15/h3-6,9-10,19H,7-8H2,1-2H3,(H,18,20). The summed E-state index contributed by atoms with van der Waals surface area (Å²) in [7, 11) is -3.74. The van der Waals surface area contributed by atoms with Gasteiger partial charge in [0.2, 0.25) is 0 Å². The molecule has 0 bridgehead atoms. The van der Waals surface area contributed by atoms with Crippen molar-refractivity contribution in [3.05, 3.63) is 53.1 Å². The predicted octanol–water partition coefficient (Wildman–Crippen LogP) is 2.23. The average Bonchev–Trinajstić information content (AvgIpc) is 2.71. The van der Waals surface area contributed by atoms with E-state index < -0.39 is 10.0 Å². The normalized spacial score (nSPS) is 14.2. The summed E-state index contributed by atoms with van der Waals surface area (Å²) in [6.07, 6.45) is 0. The molecule has 2 aromatic carbocycles. The topological polar surface area (TPSA) is 84.5 Å². The summed E-state index contributed by atoms with van der Waals surface area (Å²) in [5, 5.41) is 2.70. The molecule has 6 nitrogen and oxygen atoms in total. The molecule has 24 heavy (non-hydrogen) atoms. The monoisotopic (exact) mass is 346 g/mol. The van der Waals surface area contributed by atoms with Crippen molar-refractivity contribution in [1.82, 2.24) is 5.32 Å². The van der Waals surface area contributed by atoms with E-state index in [1.807, 2.05) is 13.0 Å². The van der Waals surface area contributed by atoms with Crippen LogP contribution >= 0.6 is 0 Å². The van der Waals surface area contributed by atoms with Gasteiger partial charge in [0.05, 0.1) is 17.0 Å². The zero-order valence-electron chi connectivity index (χ0n) is 13.4. The average molecular weight is 346 g/mol. The second-order valence-electron chi connectivity index (χ2n) is 5.69. The molecule has 7 heteroatoms. The first-order valence-electron chi connectivity index (χ1n) is 7.52. The number of hydrogen-bond donors (Lipinski definition) is 2. The lowest BCUT2D eigenvalue weighted by Gasteiger charge is -2.13. The van der Waals surface area contributed by atoms with Crippen LogP contribution in [0.4, 0.5) is 5.69 Å². The molecule has 0 saturated heterocycles.